The Hall–Kier alpha value is -3.33. The van der Waals surface area contributed by atoms with Gasteiger partial charge in [-0.3, -0.25) is 9.71 Å². The number of pyridine rings is 1. The van der Waals surface area contributed by atoms with Gasteiger partial charge in [-0.25, -0.2) is 13.4 Å². The lowest BCUT2D eigenvalue weighted by Gasteiger charge is -2.14. The maximum Gasteiger partial charge on any atom is 0.263 e. The first-order chi connectivity index (χ1) is 15.5. The molecule has 0 fully saturated rings. The molecule has 158 valence electrons. The van der Waals surface area contributed by atoms with E-state index in [1.165, 1.54) is 6.33 Å². The number of benzene rings is 3. The van der Waals surface area contributed by atoms with Crippen molar-refractivity contribution in [3.63, 3.8) is 0 Å². The molecule has 0 aliphatic heterocycles. The van der Waals surface area contributed by atoms with E-state index >= 15 is 0 Å². The van der Waals surface area contributed by atoms with Crippen LogP contribution in [0.4, 0.5) is 5.13 Å². The molecule has 0 spiro atoms. The number of nitrogens with zero attached hydrogens (tertiary/aromatic N) is 3. The predicted molar refractivity (Wildman–Crippen MR) is 128 cm³/mol. The van der Waals surface area contributed by atoms with Crippen LogP contribution in [0.15, 0.2) is 90.3 Å². The molecular weight excluding hydrogens is 464 g/mol. The van der Waals surface area contributed by atoms with Gasteiger partial charge in [-0.2, -0.15) is 4.37 Å². The molecule has 2 heterocycles. The Morgan fingerprint density at radius 3 is 2.50 bits per heavy atom. The maximum atomic E-state index is 12.8. The molecule has 32 heavy (non-hydrogen) atoms. The van der Waals surface area contributed by atoms with Gasteiger partial charge in [0.05, 0.1) is 4.90 Å². The molecule has 0 aliphatic rings. The number of rotatable bonds is 5. The summed E-state index contributed by atoms with van der Waals surface area (Å²) in [5.41, 5.74) is 3.94. The van der Waals surface area contributed by atoms with E-state index in [-0.39, 0.29) is 10.0 Å². The van der Waals surface area contributed by atoms with Crippen LogP contribution in [0.2, 0.25) is 5.02 Å². The van der Waals surface area contributed by atoms with Gasteiger partial charge in [-0.15, -0.1) is 0 Å². The number of halogens is 1. The molecule has 0 radical (unpaired) electrons. The molecule has 0 amide bonds. The fourth-order valence-corrected chi connectivity index (χ4v) is 5.45. The van der Waals surface area contributed by atoms with Gasteiger partial charge in [0.15, 0.2) is 0 Å². The summed E-state index contributed by atoms with van der Waals surface area (Å²) in [5, 5.41) is 2.59. The first-order valence-electron chi connectivity index (χ1n) is 9.54. The number of anilines is 1. The van der Waals surface area contributed by atoms with Crippen LogP contribution in [0.25, 0.3) is 33.0 Å². The van der Waals surface area contributed by atoms with Gasteiger partial charge in [0, 0.05) is 28.9 Å². The second kappa shape index (κ2) is 8.31. The van der Waals surface area contributed by atoms with E-state index in [2.05, 4.69) is 19.1 Å². The van der Waals surface area contributed by atoms with Crippen molar-refractivity contribution in [2.75, 3.05) is 4.72 Å². The highest BCUT2D eigenvalue weighted by atomic mass is 35.5. The average molecular weight is 479 g/mol. The Balaban J connectivity index is 1.63. The molecular formula is C23H15ClN4O2S2. The number of fused-ring (bicyclic) bond motifs is 1. The molecule has 1 N–H and O–H groups in total. The summed E-state index contributed by atoms with van der Waals surface area (Å²) in [6.45, 7) is 0. The van der Waals surface area contributed by atoms with Gasteiger partial charge >= 0.3 is 0 Å². The largest absolute Gasteiger partial charge is 0.265 e. The van der Waals surface area contributed by atoms with Crippen LogP contribution in [0, 0.1) is 0 Å². The highest BCUT2D eigenvalue weighted by molar-refractivity contribution is 7.93. The van der Waals surface area contributed by atoms with Crippen molar-refractivity contribution in [3.8, 4) is 22.3 Å². The first-order valence-corrected chi connectivity index (χ1v) is 12.2. The minimum absolute atomic E-state index is 0.155. The van der Waals surface area contributed by atoms with E-state index in [0.717, 1.165) is 44.6 Å². The van der Waals surface area contributed by atoms with Gasteiger partial charge in [-0.1, -0.05) is 41.9 Å². The molecule has 0 aliphatic carbocycles. The highest BCUT2D eigenvalue weighted by Crippen LogP contribution is 2.38. The van der Waals surface area contributed by atoms with Gasteiger partial charge < -0.3 is 0 Å². The van der Waals surface area contributed by atoms with Crippen LogP contribution in [-0.2, 0) is 10.0 Å². The zero-order chi connectivity index (χ0) is 22.1. The maximum absolute atomic E-state index is 12.8. The van der Waals surface area contributed by atoms with E-state index in [1.54, 1.807) is 24.5 Å². The van der Waals surface area contributed by atoms with Gasteiger partial charge in [0.25, 0.3) is 10.0 Å². The highest BCUT2D eigenvalue weighted by Gasteiger charge is 2.18. The number of sulfonamides is 1. The van der Waals surface area contributed by atoms with Crippen molar-refractivity contribution in [1.82, 2.24) is 14.3 Å². The minimum atomic E-state index is -3.78. The van der Waals surface area contributed by atoms with Crippen molar-refractivity contribution in [3.05, 3.63) is 90.5 Å². The summed E-state index contributed by atoms with van der Waals surface area (Å²) in [4.78, 5) is 8.15. The summed E-state index contributed by atoms with van der Waals surface area (Å²) >= 11 is 7.29. The molecule has 2 aromatic heterocycles. The third-order valence-electron chi connectivity index (χ3n) is 5.01. The summed E-state index contributed by atoms with van der Waals surface area (Å²) in [6.07, 6.45) is 4.79. The Kier molecular flexibility index (Phi) is 5.34. The van der Waals surface area contributed by atoms with Gasteiger partial charge in [0.1, 0.15) is 6.33 Å². The smallest absolute Gasteiger partial charge is 0.263 e. The van der Waals surface area contributed by atoms with Crippen molar-refractivity contribution in [2.24, 2.45) is 0 Å². The second-order valence-electron chi connectivity index (χ2n) is 6.97. The van der Waals surface area contributed by atoms with Crippen LogP contribution < -0.4 is 4.72 Å². The standard InChI is InChI=1S/C23H15ClN4O2S2/c24-17-4-6-21(22(13-17)15-8-10-25-11-9-15)20-3-1-2-16-12-18(5-7-19(16)20)32(29,30)28-23-26-14-27-31-23/h1-14H,(H,26,27,28). The van der Waals surface area contributed by atoms with Crippen LogP contribution in [0.3, 0.4) is 0 Å². The molecule has 0 unspecified atom stereocenters. The lowest BCUT2D eigenvalue weighted by atomic mass is 9.92. The van der Waals surface area contributed by atoms with Crippen molar-refractivity contribution < 1.29 is 8.42 Å². The Bertz CT molecular complexity index is 1520. The minimum Gasteiger partial charge on any atom is -0.265 e. The molecule has 3 aromatic carbocycles. The Morgan fingerprint density at radius 1 is 0.875 bits per heavy atom. The first kappa shape index (κ1) is 20.6. The monoisotopic (exact) mass is 478 g/mol. The fourth-order valence-electron chi connectivity index (χ4n) is 3.58. The number of hydrogen-bond donors (Lipinski definition) is 1. The predicted octanol–water partition coefficient (Wildman–Crippen LogP) is 5.87. The Morgan fingerprint density at radius 2 is 1.72 bits per heavy atom. The van der Waals surface area contributed by atoms with Crippen molar-refractivity contribution >= 4 is 49.1 Å². The van der Waals surface area contributed by atoms with E-state index in [4.69, 9.17) is 11.6 Å². The van der Waals surface area contributed by atoms with Crippen molar-refractivity contribution in [1.29, 1.82) is 0 Å². The summed E-state index contributed by atoms with van der Waals surface area (Å²) in [5.74, 6) is 0. The number of aromatic nitrogens is 3. The summed E-state index contributed by atoms with van der Waals surface area (Å²) < 4.78 is 31.8. The van der Waals surface area contributed by atoms with Gasteiger partial charge in [0.2, 0.25) is 5.13 Å². The summed E-state index contributed by atoms with van der Waals surface area (Å²) in [7, 11) is -3.78. The normalized spacial score (nSPS) is 11.5. The molecule has 0 atom stereocenters. The van der Waals surface area contributed by atoms with E-state index in [1.807, 2.05) is 54.6 Å². The number of hydrogen-bond acceptors (Lipinski definition) is 6. The van der Waals surface area contributed by atoms with Crippen LogP contribution >= 0.6 is 23.1 Å². The molecule has 6 nitrogen and oxygen atoms in total. The quantitative estimate of drug-likeness (QED) is 0.341. The zero-order valence-corrected chi connectivity index (χ0v) is 18.8. The van der Waals surface area contributed by atoms with E-state index < -0.39 is 10.0 Å². The fraction of sp³-hybridized carbons (Fsp3) is 0. The molecule has 0 saturated heterocycles. The topological polar surface area (TPSA) is 84.8 Å². The Labute approximate surface area is 193 Å². The molecule has 0 bridgehead atoms. The molecule has 5 rings (SSSR count). The zero-order valence-electron chi connectivity index (χ0n) is 16.4. The third kappa shape index (κ3) is 3.95. The lowest BCUT2D eigenvalue weighted by molar-refractivity contribution is 0.601. The van der Waals surface area contributed by atoms with Crippen LogP contribution in [0.1, 0.15) is 0 Å². The summed E-state index contributed by atoms with van der Waals surface area (Å²) in [6, 6.07) is 20.5. The third-order valence-corrected chi connectivity index (χ3v) is 7.29. The molecule has 9 heteroatoms. The van der Waals surface area contributed by atoms with Crippen LogP contribution in [-0.4, -0.2) is 22.8 Å². The van der Waals surface area contributed by atoms with Gasteiger partial charge in [-0.05, 0) is 69.4 Å². The SMILES string of the molecule is O=S(=O)(Nc1ncns1)c1ccc2c(-c3ccc(Cl)cc3-c3ccncc3)cccc2c1. The van der Waals surface area contributed by atoms with E-state index in [0.29, 0.717) is 5.02 Å². The lowest BCUT2D eigenvalue weighted by Crippen LogP contribution is -2.12. The second-order valence-corrected chi connectivity index (χ2v) is 9.87. The molecule has 5 aromatic rings. The molecule has 0 saturated carbocycles. The van der Waals surface area contributed by atoms with Crippen LogP contribution in [0.5, 0.6) is 0 Å². The van der Waals surface area contributed by atoms with Crippen molar-refractivity contribution in [2.45, 2.75) is 4.90 Å². The van der Waals surface area contributed by atoms with E-state index in [9.17, 15) is 8.42 Å². The average Bonchev–Trinajstić information content (AvgIpc) is 3.31. The number of nitrogens with one attached hydrogen (secondary N) is 1.